The minimum Gasteiger partial charge on any atom is -0.382 e. The fourth-order valence-electron chi connectivity index (χ4n) is 1.25. The third kappa shape index (κ3) is 6.10. The van der Waals surface area contributed by atoms with E-state index in [1.54, 1.807) is 7.11 Å². The van der Waals surface area contributed by atoms with E-state index < -0.39 is 0 Å². The third-order valence-corrected chi connectivity index (χ3v) is 2.87. The summed E-state index contributed by atoms with van der Waals surface area (Å²) in [5, 5.41) is 8.82. The van der Waals surface area contributed by atoms with E-state index in [9.17, 15) is 0 Å². The molecule has 0 spiro atoms. The molecule has 0 fully saturated rings. The van der Waals surface area contributed by atoms with Gasteiger partial charge >= 0.3 is 0 Å². The van der Waals surface area contributed by atoms with Crippen LogP contribution < -0.4 is 0 Å². The Balaban J connectivity index is 3.71. The van der Waals surface area contributed by atoms with Crippen molar-refractivity contribution in [1.29, 1.82) is 0 Å². The van der Waals surface area contributed by atoms with Crippen molar-refractivity contribution < 1.29 is 19.6 Å². The van der Waals surface area contributed by atoms with Gasteiger partial charge in [0.1, 0.15) is 0 Å². The van der Waals surface area contributed by atoms with Crippen molar-refractivity contribution >= 4 is 0 Å². The molecule has 0 aliphatic carbocycles. The predicted molar refractivity (Wildman–Crippen MR) is 58.9 cm³/mol. The molecular formula is C11H24O4. The molecule has 1 unspecified atom stereocenters. The summed E-state index contributed by atoms with van der Waals surface area (Å²) in [6, 6.07) is 0. The summed E-state index contributed by atoms with van der Waals surface area (Å²) >= 11 is 0. The van der Waals surface area contributed by atoms with Crippen LogP contribution in [0.3, 0.4) is 0 Å². The highest BCUT2D eigenvalue weighted by molar-refractivity contribution is 4.76. The highest BCUT2D eigenvalue weighted by Crippen LogP contribution is 2.28. The Labute approximate surface area is 92.5 Å². The molecule has 15 heavy (non-hydrogen) atoms. The molecule has 0 bridgehead atoms. The highest BCUT2D eigenvalue weighted by Gasteiger charge is 2.28. The third-order valence-electron chi connectivity index (χ3n) is 2.87. The number of hydrogen-bond acceptors (Lipinski definition) is 4. The van der Waals surface area contributed by atoms with Crippen molar-refractivity contribution in [3.63, 3.8) is 0 Å². The van der Waals surface area contributed by atoms with Gasteiger partial charge < -0.3 is 9.47 Å². The maximum atomic E-state index is 8.82. The number of methoxy groups -OCH3 is 1. The van der Waals surface area contributed by atoms with Crippen LogP contribution in [0.2, 0.25) is 0 Å². The first-order valence-corrected chi connectivity index (χ1v) is 5.45. The number of hydrogen-bond donors (Lipinski definition) is 1. The second-order valence-corrected chi connectivity index (χ2v) is 4.33. The van der Waals surface area contributed by atoms with E-state index >= 15 is 0 Å². The van der Waals surface area contributed by atoms with Gasteiger partial charge in [0, 0.05) is 20.1 Å². The van der Waals surface area contributed by atoms with Crippen LogP contribution >= 0.6 is 0 Å². The lowest BCUT2D eigenvalue weighted by Crippen LogP contribution is -2.32. The second-order valence-electron chi connectivity index (χ2n) is 4.33. The summed E-state index contributed by atoms with van der Waals surface area (Å²) in [6.07, 6.45) is 1.47. The highest BCUT2D eigenvalue weighted by atomic mass is 17.1. The van der Waals surface area contributed by atoms with Crippen LogP contribution in [-0.4, -0.2) is 38.3 Å². The Bertz CT molecular complexity index is 148. The smallest absolute Gasteiger partial charge is 0.0999 e. The monoisotopic (exact) mass is 220 g/mol. The Hall–Kier alpha value is -0.160. The molecule has 4 nitrogen and oxygen atoms in total. The lowest BCUT2D eigenvalue weighted by Gasteiger charge is -2.30. The molecule has 0 aromatic rings. The minimum atomic E-state index is -0.176. The molecular weight excluding hydrogens is 196 g/mol. The molecule has 0 amide bonds. The van der Waals surface area contributed by atoms with Crippen molar-refractivity contribution in [2.45, 2.75) is 39.7 Å². The van der Waals surface area contributed by atoms with Gasteiger partial charge in [-0.1, -0.05) is 20.8 Å². The molecule has 1 N–H and O–H groups in total. The molecule has 92 valence electrons. The van der Waals surface area contributed by atoms with E-state index in [4.69, 9.17) is 14.7 Å². The van der Waals surface area contributed by atoms with Crippen molar-refractivity contribution in [2.75, 3.05) is 26.9 Å². The van der Waals surface area contributed by atoms with Gasteiger partial charge in [0.2, 0.25) is 0 Å². The van der Waals surface area contributed by atoms with Crippen LogP contribution in [-0.2, 0) is 14.4 Å². The van der Waals surface area contributed by atoms with Crippen molar-refractivity contribution in [1.82, 2.24) is 0 Å². The fraction of sp³-hybridized carbons (Fsp3) is 1.00. The summed E-state index contributed by atoms with van der Waals surface area (Å²) in [7, 11) is 1.64. The summed E-state index contributed by atoms with van der Waals surface area (Å²) < 4.78 is 10.2. The maximum absolute atomic E-state index is 8.82. The standard InChI is InChI=1S/C11H24O4/c1-5-11(2,3)10(15-12)6-7-14-9-8-13-4/h10,12H,5-9H2,1-4H3. The van der Waals surface area contributed by atoms with Crippen molar-refractivity contribution in [3.8, 4) is 0 Å². The Morgan fingerprint density at radius 1 is 1.20 bits per heavy atom. The van der Waals surface area contributed by atoms with Crippen molar-refractivity contribution in [2.24, 2.45) is 5.41 Å². The molecule has 0 aromatic carbocycles. The van der Waals surface area contributed by atoms with E-state index in [1.807, 2.05) is 0 Å². The minimum absolute atomic E-state index is 0.0284. The van der Waals surface area contributed by atoms with Crippen LogP contribution in [0.15, 0.2) is 0 Å². The SMILES string of the molecule is CCC(C)(C)C(CCOCCOC)OO. The van der Waals surface area contributed by atoms with Gasteiger partial charge in [-0.25, -0.2) is 4.89 Å². The molecule has 0 heterocycles. The Morgan fingerprint density at radius 2 is 1.87 bits per heavy atom. The van der Waals surface area contributed by atoms with Crippen LogP contribution in [0.25, 0.3) is 0 Å². The molecule has 4 heteroatoms. The molecule has 1 atom stereocenters. The van der Waals surface area contributed by atoms with E-state index in [1.165, 1.54) is 0 Å². The number of ether oxygens (including phenoxy) is 2. The predicted octanol–water partition coefficient (Wildman–Crippen LogP) is 2.33. The summed E-state index contributed by atoms with van der Waals surface area (Å²) in [6.45, 7) is 7.99. The molecule has 0 rings (SSSR count). The fourth-order valence-corrected chi connectivity index (χ4v) is 1.25. The molecule has 0 radical (unpaired) electrons. The molecule has 0 saturated heterocycles. The first-order valence-electron chi connectivity index (χ1n) is 5.45. The first kappa shape index (κ1) is 14.8. The Kier molecular flexibility index (Phi) is 7.96. The lowest BCUT2D eigenvalue weighted by atomic mass is 9.82. The van der Waals surface area contributed by atoms with E-state index in [0.29, 0.717) is 26.2 Å². The Morgan fingerprint density at radius 3 is 2.33 bits per heavy atom. The number of rotatable bonds is 9. The molecule has 0 saturated carbocycles. The van der Waals surface area contributed by atoms with Crippen LogP contribution in [0, 0.1) is 5.41 Å². The van der Waals surface area contributed by atoms with Crippen LogP contribution in [0.4, 0.5) is 0 Å². The zero-order chi connectivity index (χ0) is 11.7. The molecule has 0 aliphatic heterocycles. The molecule has 0 aromatic heterocycles. The zero-order valence-corrected chi connectivity index (χ0v) is 10.3. The van der Waals surface area contributed by atoms with Gasteiger partial charge in [-0.15, -0.1) is 0 Å². The van der Waals surface area contributed by atoms with E-state index in [-0.39, 0.29) is 11.5 Å². The first-order chi connectivity index (χ1) is 7.08. The summed E-state index contributed by atoms with van der Waals surface area (Å²) in [4.78, 5) is 4.50. The zero-order valence-electron chi connectivity index (χ0n) is 10.3. The molecule has 0 aliphatic rings. The lowest BCUT2D eigenvalue weighted by molar-refractivity contribution is -0.304. The topological polar surface area (TPSA) is 47.9 Å². The largest absolute Gasteiger partial charge is 0.382 e. The van der Waals surface area contributed by atoms with E-state index in [2.05, 4.69) is 25.7 Å². The van der Waals surface area contributed by atoms with Gasteiger partial charge in [-0.3, -0.25) is 5.26 Å². The quantitative estimate of drug-likeness (QED) is 0.368. The van der Waals surface area contributed by atoms with Gasteiger partial charge in [-0.2, -0.15) is 0 Å². The summed E-state index contributed by atoms with van der Waals surface area (Å²) in [5.74, 6) is 0. The average Bonchev–Trinajstić information content (AvgIpc) is 2.23. The maximum Gasteiger partial charge on any atom is 0.0999 e. The van der Waals surface area contributed by atoms with E-state index in [0.717, 1.165) is 6.42 Å². The van der Waals surface area contributed by atoms with Crippen LogP contribution in [0.5, 0.6) is 0 Å². The normalized spacial score (nSPS) is 14.2. The van der Waals surface area contributed by atoms with Gasteiger partial charge in [-0.05, 0) is 11.8 Å². The van der Waals surface area contributed by atoms with Gasteiger partial charge in [0.25, 0.3) is 0 Å². The summed E-state index contributed by atoms with van der Waals surface area (Å²) in [5.41, 5.74) is -0.0284. The second kappa shape index (κ2) is 8.05. The van der Waals surface area contributed by atoms with Crippen LogP contribution in [0.1, 0.15) is 33.6 Å². The van der Waals surface area contributed by atoms with Gasteiger partial charge in [0.15, 0.2) is 0 Å². The average molecular weight is 220 g/mol. The van der Waals surface area contributed by atoms with Gasteiger partial charge in [0.05, 0.1) is 19.3 Å². The van der Waals surface area contributed by atoms with Crippen molar-refractivity contribution in [3.05, 3.63) is 0 Å².